The van der Waals surface area contributed by atoms with Gasteiger partial charge < -0.3 is 15.2 Å². The molecule has 38 heavy (non-hydrogen) atoms. The van der Waals surface area contributed by atoms with Gasteiger partial charge in [0.1, 0.15) is 23.5 Å². The van der Waals surface area contributed by atoms with Crippen molar-refractivity contribution in [1.29, 1.82) is 0 Å². The number of piperazine rings is 1. The molecule has 198 valence electrons. The highest BCUT2D eigenvalue weighted by Gasteiger charge is 2.21. The van der Waals surface area contributed by atoms with Crippen molar-refractivity contribution in [3.05, 3.63) is 76.8 Å². The summed E-state index contributed by atoms with van der Waals surface area (Å²) in [7, 11) is 0. The molecule has 4 aromatic rings. The van der Waals surface area contributed by atoms with Crippen molar-refractivity contribution in [3.63, 3.8) is 0 Å². The summed E-state index contributed by atoms with van der Waals surface area (Å²) in [6.07, 6.45) is -0.620. The van der Waals surface area contributed by atoms with E-state index < -0.39 is 6.10 Å². The number of hydrogen-bond acceptors (Lipinski definition) is 7. The highest BCUT2D eigenvalue weighted by molar-refractivity contribution is 7.21. The normalized spacial score (nSPS) is 15.4. The smallest absolute Gasteiger partial charge is 0.238 e. The fraction of sp³-hybridized carbons (Fsp3) is 0.286. The second-order valence-electron chi connectivity index (χ2n) is 9.23. The van der Waals surface area contributed by atoms with E-state index in [-0.39, 0.29) is 12.5 Å². The van der Waals surface area contributed by atoms with Gasteiger partial charge in [-0.05, 0) is 30.3 Å². The molecule has 2 N–H and O–H groups in total. The van der Waals surface area contributed by atoms with Crippen LogP contribution in [0.5, 0.6) is 5.75 Å². The van der Waals surface area contributed by atoms with Crippen LogP contribution in [0.4, 0.5) is 5.69 Å². The van der Waals surface area contributed by atoms with Crippen molar-refractivity contribution in [2.75, 3.05) is 51.2 Å². The number of nitrogens with zero attached hydrogens (tertiary/aromatic N) is 3. The largest absolute Gasteiger partial charge is 0.491 e. The number of aliphatic hydroxyl groups is 1. The first kappa shape index (κ1) is 26.9. The van der Waals surface area contributed by atoms with Crippen LogP contribution < -0.4 is 10.1 Å². The van der Waals surface area contributed by atoms with E-state index in [4.69, 9.17) is 32.9 Å². The van der Waals surface area contributed by atoms with Gasteiger partial charge in [0.05, 0.1) is 26.8 Å². The quantitative estimate of drug-likeness (QED) is 0.285. The second kappa shape index (κ2) is 12.4. The van der Waals surface area contributed by atoms with Crippen LogP contribution in [0.3, 0.4) is 0 Å². The van der Waals surface area contributed by atoms with E-state index in [1.165, 1.54) is 0 Å². The van der Waals surface area contributed by atoms with Gasteiger partial charge in [-0.1, -0.05) is 53.5 Å². The average molecular weight is 572 g/mol. The predicted molar refractivity (Wildman–Crippen MR) is 155 cm³/mol. The molecule has 7 nitrogen and oxygen atoms in total. The maximum Gasteiger partial charge on any atom is 0.238 e. The fourth-order valence-electron chi connectivity index (χ4n) is 4.35. The molecule has 0 saturated carbocycles. The number of halogens is 2. The number of thiazole rings is 1. The SMILES string of the molecule is O=C(CN1CCN(CC(O)COc2ccc3sc(-c4ccccc4)nc3c2)CC1)Nc1ccc(Cl)c(Cl)c1. The molecule has 3 aromatic carbocycles. The van der Waals surface area contributed by atoms with Gasteiger partial charge in [0.25, 0.3) is 0 Å². The number of ether oxygens (including phenoxy) is 1. The van der Waals surface area contributed by atoms with E-state index >= 15 is 0 Å². The van der Waals surface area contributed by atoms with Crippen molar-refractivity contribution in [2.45, 2.75) is 6.10 Å². The molecule has 10 heteroatoms. The first-order chi connectivity index (χ1) is 18.4. The van der Waals surface area contributed by atoms with Crippen LogP contribution in [0, 0.1) is 0 Å². The molecular weight excluding hydrogens is 543 g/mol. The van der Waals surface area contributed by atoms with Crippen molar-refractivity contribution >= 4 is 56.3 Å². The molecule has 1 atom stereocenters. The lowest BCUT2D eigenvalue weighted by Gasteiger charge is -2.35. The summed E-state index contributed by atoms with van der Waals surface area (Å²) in [6, 6.07) is 21.0. The highest BCUT2D eigenvalue weighted by atomic mass is 35.5. The van der Waals surface area contributed by atoms with E-state index in [1.807, 2.05) is 36.4 Å². The Morgan fingerprint density at radius 1 is 1.00 bits per heavy atom. The van der Waals surface area contributed by atoms with E-state index in [9.17, 15) is 9.90 Å². The number of nitrogens with one attached hydrogen (secondary N) is 1. The molecule has 1 aliphatic heterocycles. The van der Waals surface area contributed by atoms with Gasteiger partial charge in [-0.2, -0.15) is 0 Å². The zero-order valence-corrected chi connectivity index (χ0v) is 23.0. The second-order valence-corrected chi connectivity index (χ2v) is 11.1. The topological polar surface area (TPSA) is 77.9 Å². The Kier molecular flexibility index (Phi) is 8.79. The van der Waals surface area contributed by atoms with Crippen LogP contribution in [0.15, 0.2) is 66.7 Å². The molecule has 1 aliphatic rings. The number of rotatable bonds is 9. The number of β-amino-alcohol motifs (C(OH)–C–C–N with tert-alkyl or cyclic N) is 1. The molecule has 2 heterocycles. The van der Waals surface area contributed by atoms with Gasteiger partial charge in [-0.3, -0.25) is 14.6 Å². The predicted octanol–water partition coefficient (Wildman–Crippen LogP) is 5.27. The number of anilines is 1. The van der Waals surface area contributed by atoms with Gasteiger partial charge in [0.15, 0.2) is 0 Å². The zero-order valence-electron chi connectivity index (χ0n) is 20.6. The third-order valence-electron chi connectivity index (χ3n) is 6.33. The van der Waals surface area contributed by atoms with Gasteiger partial charge in [-0.25, -0.2) is 4.98 Å². The summed E-state index contributed by atoms with van der Waals surface area (Å²) in [4.78, 5) is 21.4. The van der Waals surface area contributed by atoms with E-state index in [0.29, 0.717) is 34.6 Å². The molecule has 1 unspecified atom stereocenters. The summed E-state index contributed by atoms with van der Waals surface area (Å²) in [5.74, 6) is 0.595. The lowest BCUT2D eigenvalue weighted by atomic mass is 10.2. The maximum absolute atomic E-state index is 12.4. The van der Waals surface area contributed by atoms with E-state index in [1.54, 1.807) is 29.5 Å². The monoisotopic (exact) mass is 570 g/mol. The third-order valence-corrected chi connectivity index (χ3v) is 8.15. The van der Waals surface area contributed by atoms with Crippen molar-refractivity contribution < 1.29 is 14.6 Å². The Morgan fingerprint density at radius 3 is 2.53 bits per heavy atom. The number of aliphatic hydroxyl groups excluding tert-OH is 1. The molecule has 0 radical (unpaired) electrons. The first-order valence-electron chi connectivity index (χ1n) is 12.4. The van der Waals surface area contributed by atoms with Crippen molar-refractivity contribution in [2.24, 2.45) is 0 Å². The van der Waals surface area contributed by atoms with Crippen LogP contribution in [0.2, 0.25) is 10.0 Å². The number of carbonyl (C=O) groups excluding carboxylic acids is 1. The first-order valence-corrected chi connectivity index (χ1v) is 14.0. The summed E-state index contributed by atoms with van der Waals surface area (Å²) >= 11 is 13.6. The number of amides is 1. The molecule has 5 rings (SSSR count). The molecule has 0 bridgehead atoms. The van der Waals surface area contributed by atoms with Crippen molar-refractivity contribution in [3.8, 4) is 16.3 Å². The van der Waals surface area contributed by atoms with Gasteiger partial charge in [0, 0.05) is 50.0 Å². The van der Waals surface area contributed by atoms with Crippen LogP contribution in [0.1, 0.15) is 0 Å². The minimum atomic E-state index is -0.620. The lowest BCUT2D eigenvalue weighted by molar-refractivity contribution is -0.117. The van der Waals surface area contributed by atoms with E-state index in [2.05, 4.69) is 27.2 Å². The van der Waals surface area contributed by atoms with Crippen LogP contribution in [-0.2, 0) is 4.79 Å². The van der Waals surface area contributed by atoms with Crippen LogP contribution in [-0.4, -0.2) is 77.8 Å². The van der Waals surface area contributed by atoms with Crippen LogP contribution >= 0.6 is 34.5 Å². The summed E-state index contributed by atoms with van der Waals surface area (Å²) < 4.78 is 6.98. The summed E-state index contributed by atoms with van der Waals surface area (Å²) in [5.41, 5.74) is 2.61. The Morgan fingerprint density at radius 2 is 1.76 bits per heavy atom. The summed E-state index contributed by atoms with van der Waals surface area (Å²) in [5, 5.41) is 15.3. The molecule has 0 aliphatic carbocycles. The Labute approximate surface area is 235 Å². The fourth-order valence-corrected chi connectivity index (χ4v) is 5.60. The number of fused-ring (bicyclic) bond motifs is 1. The highest BCUT2D eigenvalue weighted by Crippen LogP contribution is 2.32. The lowest BCUT2D eigenvalue weighted by Crippen LogP contribution is -2.50. The molecule has 1 saturated heterocycles. The molecule has 1 aromatic heterocycles. The zero-order chi connectivity index (χ0) is 26.5. The maximum atomic E-state index is 12.4. The van der Waals surface area contributed by atoms with Crippen LogP contribution in [0.25, 0.3) is 20.8 Å². The Balaban J connectivity index is 1.05. The van der Waals surface area contributed by atoms with Gasteiger partial charge >= 0.3 is 0 Å². The molecule has 1 amide bonds. The standard InChI is InChI=1S/C28H28Cl2N4O3S/c29-23-8-6-20(14-24(23)30)31-27(36)17-34-12-10-33(11-13-34)16-21(35)18-37-22-7-9-26-25(15-22)32-28(38-26)19-4-2-1-3-5-19/h1-9,14-15,21,35H,10-13,16-18H2,(H,31,36). The third kappa shape index (κ3) is 7.02. The number of benzene rings is 3. The van der Waals surface area contributed by atoms with Gasteiger partial charge in [-0.15, -0.1) is 11.3 Å². The van der Waals surface area contributed by atoms with Crippen molar-refractivity contribution in [1.82, 2.24) is 14.8 Å². The molecule has 0 spiro atoms. The average Bonchev–Trinajstić information content (AvgIpc) is 3.35. The number of hydrogen-bond donors (Lipinski definition) is 2. The minimum absolute atomic E-state index is 0.0988. The number of carbonyl (C=O) groups is 1. The number of aromatic nitrogens is 1. The Bertz CT molecular complexity index is 1390. The minimum Gasteiger partial charge on any atom is -0.491 e. The van der Waals surface area contributed by atoms with Gasteiger partial charge in [0.2, 0.25) is 5.91 Å². The Hall–Kier alpha value is -2.72. The molecule has 1 fully saturated rings. The summed E-state index contributed by atoms with van der Waals surface area (Å²) in [6.45, 7) is 4.03. The molecular formula is C28H28Cl2N4O3S. The van der Waals surface area contributed by atoms with E-state index in [0.717, 1.165) is 47.0 Å².